The van der Waals surface area contributed by atoms with Crippen LogP contribution in [0.15, 0.2) is 60.7 Å². The van der Waals surface area contributed by atoms with Crippen molar-refractivity contribution in [2.75, 3.05) is 5.32 Å². The van der Waals surface area contributed by atoms with Crippen LogP contribution >= 0.6 is 11.6 Å². The van der Waals surface area contributed by atoms with Crippen molar-refractivity contribution in [3.05, 3.63) is 110 Å². The van der Waals surface area contributed by atoms with Gasteiger partial charge < -0.3 is 10.1 Å². The Morgan fingerprint density at radius 2 is 1.60 bits per heavy atom. The minimum absolute atomic E-state index is 0.164. The van der Waals surface area contributed by atoms with Crippen LogP contribution < -0.4 is 10.1 Å². The van der Waals surface area contributed by atoms with E-state index in [1.807, 2.05) is 80.9 Å². The zero-order chi connectivity index (χ0) is 25.1. The van der Waals surface area contributed by atoms with E-state index in [-0.39, 0.29) is 5.91 Å². The normalized spacial score (nSPS) is 10.9. The molecule has 0 fully saturated rings. The Kier molecular flexibility index (Phi) is 7.27. The molecule has 1 heterocycles. The molecule has 0 aliphatic carbocycles. The number of hydrogen-bond acceptors (Lipinski definition) is 3. The largest absolute Gasteiger partial charge is 0.489 e. The highest BCUT2D eigenvalue weighted by Crippen LogP contribution is 2.26. The van der Waals surface area contributed by atoms with Crippen LogP contribution in [0.4, 0.5) is 5.69 Å². The van der Waals surface area contributed by atoms with Gasteiger partial charge >= 0.3 is 0 Å². The number of aromatic nitrogens is 2. The van der Waals surface area contributed by atoms with Crippen molar-refractivity contribution in [1.29, 1.82) is 0 Å². The summed E-state index contributed by atoms with van der Waals surface area (Å²) in [6.07, 6.45) is 0. The molecule has 0 unspecified atom stereocenters. The van der Waals surface area contributed by atoms with Crippen LogP contribution in [0.2, 0.25) is 5.02 Å². The SMILES string of the molecule is Cc1ccccc1Cn1nc(C)c(NC(=O)c2ccc(COc3cc(C)c(Cl)c(C)c3)cc2)c1C. The Morgan fingerprint density at radius 3 is 2.26 bits per heavy atom. The summed E-state index contributed by atoms with van der Waals surface area (Å²) in [5.74, 6) is 0.614. The number of rotatable bonds is 7. The van der Waals surface area contributed by atoms with Gasteiger partial charge in [0.1, 0.15) is 12.4 Å². The van der Waals surface area contributed by atoms with Crippen LogP contribution in [0, 0.1) is 34.6 Å². The van der Waals surface area contributed by atoms with Crippen LogP contribution in [0.25, 0.3) is 0 Å². The number of carbonyl (C=O) groups is 1. The van der Waals surface area contributed by atoms with Crippen molar-refractivity contribution in [3.8, 4) is 5.75 Å². The van der Waals surface area contributed by atoms with Gasteiger partial charge in [-0.05, 0) is 86.7 Å². The monoisotopic (exact) mass is 487 g/mol. The minimum Gasteiger partial charge on any atom is -0.489 e. The Morgan fingerprint density at radius 1 is 0.943 bits per heavy atom. The van der Waals surface area contributed by atoms with Crippen molar-refractivity contribution < 1.29 is 9.53 Å². The first kappa shape index (κ1) is 24.6. The van der Waals surface area contributed by atoms with E-state index in [1.54, 1.807) is 0 Å². The molecule has 1 N–H and O–H groups in total. The number of amides is 1. The van der Waals surface area contributed by atoms with Crippen LogP contribution in [-0.2, 0) is 13.2 Å². The first-order valence-electron chi connectivity index (χ1n) is 11.6. The van der Waals surface area contributed by atoms with E-state index >= 15 is 0 Å². The molecule has 35 heavy (non-hydrogen) atoms. The predicted molar refractivity (Wildman–Crippen MR) is 142 cm³/mol. The molecule has 0 bridgehead atoms. The molecular formula is C29H30ClN3O2. The van der Waals surface area contributed by atoms with Crippen LogP contribution in [0.5, 0.6) is 5.75 Å². The second kappa shape index (κ2) is 10.4. The molecule has 0 saturated heterocycles. The van der Waals surface area contributed by atoms with Gasteiger partial charge in [-0.3, -0.25) is 9.48 Å². The summed E-state index contributed by atoms with van der Waals surface area (Å²) in [6, 6.07) is 19.6. The molecule has 1 amide bonds. The molecular weight excluding hydrogens is 458 g/mol. The molecule has 0 saturated carbocycles. The summed E-state index contributed by atoms with van der Waals surface area (Å²) in [5, 5.41) is 8.46. The van der Waals surface area contributed by atoms with Gasteiger partial charge in [-0.25, -0.2) is 0 Å². The highest BCUT2D eigenvalue weighted by atomic mass is 35.5. The molecule has 0 aliphatic rings. The van der Waals surface area contributed by atoms with Crippen molar-refractivity contribution in [3.63, 3.8) is 0 Å². The predicted octanol–water partition coefficient (Wildman–Crippen LogP) is 6.96. The smallest absolute Gasteiger partial charge is 0.255 e. The van der Waals surface area contributed by atoms with Gasteiger partial charge in [0, 0.05) is 10.6 Å². The lowest BCUT2D eigenvalue weighted by Crippen LogP contribution is -2.13. The number of benzene rings is 3. The molecule has 1 aromatic heterocycles. The maximum atomic E-state index is 12.9. The number of anilines is 1. The Bertz CT molecular complexity index is 1350. The molecule has 4 aromatic rings. The third-order valence-corrected chi connectivity index (χ3v) is 6.83. The quantitative estimate of drug-likeness (QED) is 0.306. The van der Waals surface area contributed by atoms with Crippen LogP contribution in [0.1, 0.15) is 49.6 Å². The van der Waals surface area contributed by atoms with Crippen molar-refractivity contribution >= 4 is 23.2 Å². The first-order chi connectivity index (χ1) is 16.7. The van der Waals surface area contributed by atoms with Crippen molar-refractivity contribution in [1.82, 2.24) is 9.78 Å². The molecule has 5 nitrogen and oxygen atoms in total. The lowest BCUT2D eigenvalue weighted by atomic mass is 10.1. The summed E-state index contributed by atoms with van der Waals surface area (Å²) in [4.78, 5) is 12.9. The zero-order valence-electron chi connectivity index (χ0n) is 20.8. The van der Waals surface area contributed by atoms with Crippen molar-refractivity contribution in [2.45, 2.75) is 47.8 Å². The highest BCUT2D eigenvalue weighted by molar-refractivity contribution is 6.32. The molecule has 0 spiro atoms. The third-order valence-electron chi connectivity index (χ3n) is 6.23. The van der Waals surface area contributed by atoms with Crippen LogP contribution in [-0.4, -0.2) is 15.7 Å². The molecule has 0 aliphatic heterocycles. The molecule has 180 valence electrons. The van der Waals surface area contributed by atoms with E-state index in [4.69, 9.17) is 16.3 Å². The number of aryl methyl sites for hydroxylation is 4. The minimum atomic E-state index is -0.164. The van der Waals surface area contributed by atoms with Gasteiger partial charge in [0.25, 0.3) is 5.91 Å². The number of nitrogens with one attached hydrogen (secondary N) is 1. The number of hydrogen-bond donors (Lipinski definition) is 1. The number of nitrogens with zero attached hydrogens (tertiary/aromatic N) is 2. The second-order valence-electron chi connectivity index (χ2n) is 8.94. The standard InChI is InChI=1S/C29H30ClN3O2/c1-18-8-6-7-9-25(18)16-33-22(5)28(21(4)32-33)31-29(34)24-12-10-23(11-13-24)17-35-26-14-19(2)27(30)20(3)15-26/h6-15H,16-17H2,1-5H3,(H,31,34). The second-order valence-corrected chi connectivity index (χ2v) is 9.32. The Hall–Kier alpha value is -3.57. The Balaban J connectivity index is 1.41. The van der Waals surface area contributed by atoms with Gasteiger partial charge in [0.15, 0.2) is 0 Å². The van der Waals surface area contributed by atoms with Gasteiger partial charge in [0.05, 0.1) is 23.6 Å². The van der Waals surface area contributed by atoms with E-state index in [9.17, 15) is 4.79 Å². The van der Waals surface area contributed by atoms with E-state index < -0.39 is 0 Å². The van der Waals surface area contributed by atoms with E-state index in [0.717, 1.165) is 44.5 Å². The fourth-order valence-electron chi connectivity index (χ4n) is 4.07. The van der Waals surface area contributed by atoms with Gasteiger partial charge in [-0.15, -0.1) is 0 Å². The summed E-state index contributed by atoms with van der Waals surface area (Å²) in [5.41, 5.74) is 8.43. The van der Waals surface area contributed by atoms with Gasteiger partial charge in [-0.1, -0.05) is 48.0 Å². The molecule has 4 rings (SSSR count). The van der Waals surface area contributed by atoms with E-state index in [2.05, 4.69) is 29.5 Å². The lowest BCUT2D eigenvalue weighted by molar-refractivity contribution is 0.102. The molecule has 6 heteroatoms. The molecule has 3 aromatic carbocycles. The lowest BCUT2D eigenvalue weighted by Gasteiger charge is -2.11. The maximum Gasteiger partial charge on any atom is 0.255 e. The average Bonchev–Trinajstić information content (AvgIpc) is 3.10. The number of carbonyl (C=O) groups excluding carboxylic acids is 1. The fourth-order valence-corrected chi connectivity index (χ4v) is 4.18. The van der Waals surface area contributed by atoms with Gasteiger partial charge in [0.2, 0.25) is 0 Å². The summed E-state index contributed by atoms with van der Waals surface area (Å²) in [6.45, 7) is 11.0. The zero-order valence-corrected chi connectivity index (χ0v) is 21.5. The Labute approximate surface area is 211 Å². The summed E-state index contributed by atoms with van der Waals surface area (Å²) >= 11 is 6.24. The third kappa shape index (κ3) is 5.57. The number of halogens is 1. The van der Waals surface area contributed by atoms with E-state index in [1.165, 1.54) is 11.1 Å². The van der Waals surface area contributed by atoms with E-state index in [0.29, 0.717) is 18.7 Å². The number of ether oxygens (including phenoxy) is 1. The topological polar surface area (TPSA) is 56.2 Å². The maximum absolute atomic E-state index is 12.9. The first-order valence-corrected chi connectivity index (χ1v) is 12.0. The summed E-state index contributed by atoms with van der Waals surface area (Å²) < 4.78 is 7.86. The average molecular weight is 488 g/mol. The molecule has 0 atom stereocenters. The fraction of sp³-hybridized carbons (Fsp3) is 0.241. The highest BCUT2D eigenvalue weighted by Gasteiger charge is 2.16. The summed E-state index contributed by atoms with van der Waals surface area (Å²) in [7, 11) is 0. The molecule has 0 radical (unpaired) electrons. The van der Waals surface area contributed by atoms with Crippen molar-refractivity contribution in [2.24, 2.45) is 0 Å². The van der Waals surface area contributed by atoms with Crippen LogP contribution in [0.3, 0.4) is 0 Å². The van der Waals surface area contributed by atoms with Gasteiger partial charge in [-0.2, -0.15) is 5.10 Å².